The first kappa shape index (κ1) is 26.9. The van der Waals surface area contributed by atoms with E-state index in [2.05, 4.69) is 76.6 Å². The largest absolute Gasteiger partial charge is 0.511 e. The van der Waals surface area contributed by atoms with Crippen LogP contribution in [0, 0.1) is 61.6 Å². The molecule has 5 aliphatic rings. The first-order chi connectivity index (χ1) is 18.1. The highest BCUT2D eigenvalue weighted by Gasteiger charge is 2.69. The van der Waals surface area contributed by atoms with Crippen LogP contribution < -0.4 is 0 Å². The van der Waals surface area contributed by atoms with E-state index in [9.17, 15) is 15.2 Å². The molecule has 1 N–H and O–H groups in total. The summed E-state index contributed by atoms with van der Waals surface area (Å²) in [6.07, 6.45) is 14.2. The Kier molecular flexibility index (Phi) is 5.58. The molecule has 1 aromatic rings. The fourth-order valence-electron chi connectivity index (χ4n) is 11.0. The molecule has 6 rings (SSSR count). The van der Waals surface area contributed by atoms with E-state index in [1.807, 2.05) is 12.3 Å². The first-order valence-electron chi connectivity index (χ1n) is 15.2. The molecule has 0 unspecified atom stereocenters. The van der Waals surface area contributed by atoms with Gasteiger partial charge in [0.1, 0.15) is 5.76 Å². The number of aliphatic hydroxyl groups excluding tert-OH is 1. The number of carbonyl (C=O) groups is 1. The van der Waals surface area contributed by atoms with E-state index < -0.39 is 5.41 Å². The highest BCUT2D eigenvalue weighted by Crippen LogP contribution is 2.75. The van der Waals surface area contributed by atoms with E-state index in [1.54, 1.807) is 0 Å². The van der Waals surface area contributed by atoms with Crippen molar-refractivity contribution in [3.63, 3.8) is 0 Å². The number of aromatic nitrogens is 2. The normalized spacial score (nSPS) is 44.3. The van der Waals surface area contributed by atoms with Crippen LogP contribution in [0.1, 0.15) is 99.8 Å². The molecule has 210 valence electrons. The minimum atomic E-state index is -0.486. The van der Waals surface area contributed by atoms with Crippen LogP contribution in [0.5, 0.6) is 0 Å². The van der Waals surface area contributed by atoms with Crippen molar-refractivity contribution < 1.29 is 9.90 Å². The van der Waals surface area contributed by atoms with Crippen LogP contribution in [0.15, 0.2) is 41.4 Å². The quantitative estimate of drug-likeness (QED) is 0.424. The lowest BCUT2D eigenvalue weighted by Crippen LogP contribution is -2.65. The van der Waals surface area contributed by atoms with Crippen molar-refractivity contribution in [1.82, 2.24) is 9.78 Å². The Hall–Kier alpha value is -2.35. The lowest BCUT2D eigenvalue weighted by atomic mass is 9.34. The molecule has 39 heavy (non-hydrogen) atoms. The summed E-state index contributed by atoms with van der Waals surface area (Å²) in [5.74, 6) is 1.11. The Labute approximate surface area is 234 Å². The van der Waals surface area contributed by atoms with Crippen LogP contribution in [0.4, 0.5) is 0 Å². The molecule has 1 aromatic heterocycles. The Balaban J connectivity index is 1.49. The van der Waals surface area contributed by atoms with Gasteiger partial charge in [-0.15, -0.1) is 0 Å². The molecule has 0 spiro atoms. The Bertz CT molecular complexity index is 1310. The Morgan fingerprint density at radius 1 is 1.08 bits per heavy atom. The molecule has 1 heterocycles. The maximum Gasteiger partial charge on any atom is 0.159 e. The van der Waals surface area contributed by atoms with E-state index >= 15 is 0 Å². The monoisotopic (exact) mass is 529 g/mol. The summed E-state index contributed by atoms with van der Waals surface area (Å²) >= 11 is 0. The second-order valence-electron chi connectivity index (χ2n) is 16.1. The van der Waals surface area contributed by atoms with E-state index in [0.717, 1.165) is 45.1 Å². The lowest BCUT2D eigenvalue weighted by molar-refractivity contribution is -0.175. The number of allylic oxidation sites excluding steroid dienone is 4. The molecule has 0 radical (unpaired) electrons. The zero-order chi connectivity index (χ0) is 28.2. The average Bonchev–Trinajstić information content (AvgIpc) is 3.36. The summed E-state index contributed by atoms with van der Waals surface area (Å²) in [7, 11) is 0. The Morgan fingerprint density at radius 3 is 2.46 bits per heavy atom. The van der Waals surface area contributed by atoms with Gasteiger partial charge in [0.2, 0.25) is 0 Å². The van der Waals surface area contributed by atoms with Gasteiger partial charge in [0, 0.05) is 30.3 Å². The van der Waals surface area contributed by atoms with Gasteiger partial charge in [-0.25, -0.2) is 0 Å². The van der Waals surface area contributed by atoms with Gasteiger partial charge in [0.05, 0.1) is 11.6 Å². The van der Waals surface area contributed by atoms with Crippen molar-refractivity contribution in [2.45, 2.75) is 106 Å². The van der Waals surface area contributed by atoms with Gasteiger partial charge < -0.3 is 5.11 Å². The molecule has 3 fully saturated rings. The summed E-state index contributed by atoms with van der Waals surface area (Å²) in [4.78, 5) is 14.6. The smallest absolute Gasteiger partial charge is 0.159 e. The summed E-state index contributed by atoms with van der Waals surface area (Å²) in [6.45, 7) is 17.1. The molecule has 5 aliphatic carbocycles. The zero-order valence-electron chi connectivity index (χ0n) is 25.1. The third-order valence-electron chi connectivity index (χ3n) is 13.3. The third-order valence-corrected chi connectivity index (χ3v) is 13.3. The van der Waals surface area contributed by atoms with E-state index in [1.165, 1.54) is 12.0 Å². The van der Waals surface area contributed by atoms with Crippen LogP contribution in [-0.4, -0.2) is 20.7 Å². The van der Waals surface area contributed by atoms with E-state index in [-0.39, 0.29) is 44.7 Å². The van der Waals surface area contributed by atoms with Crippen LogP contribution in [0.25, 0.3) is 0 Å². The molecular weight excluding hydrogens is 482 g/mol. The zero-order valence-corrected chi connectivity index (χ0v) is 25.1. The number of carbonyl (C=O) groups excluding carboxylic acids is 1. The van der Waals surface area contributed by atoms with Gasteiger partial charge in [-0.2, -0.15) is 10.4 Å². The molecule has 0 aromatic carbocycles. The van der Waals surface area contributed by atoms with Crippen molar-refractivity contribution in [1.29, 1.82) is 5.26 Å². The van der Waals surface area contributed by atoms with Gasteiger partial charge in [-0.3, -0.25) is 9.48 Å². The number of ketones is 1. The number of nitrogens with zero attached hydrogens (tertiary/aromatic N) is 3. The second kappa shape index (κ2) is 8.11. The predicted octanol–water partition coefficient (Wildman–Crippen LogP) is 7.81. The third kappa shape index (κ3) is 3.42. The molecule has 0 aliphatic heterocycles. The summed E-state index contributed by atoms with van der Waals surface area (Å²) in [5, 5.41) is 25.7. The molecule has 7 atom stereocenters. The number of rotatable bonds is 2. The predicted molar refractivity (Wildman–Crippen MR) is 152 cm³/mol. The minimum Gasteiger partial charge on any atom is -0.511 e. The van der Waals surface area contributed by atoms with Crippen LogP contribution in [0.3, 0.4) is 0 Å². The van der Waals surface area contributed by atoms with Gasteiger partial charge in [0.15, 0.2) is 5.78 Å². The standard InChI is InChI=1S/C34H47N3O2/c1-29(2)11-13-34(21-37-16-8-15-36-37)14-12-33(7)27(23(34)19-29)24(38)17-26-31(5)18-22(20-35)28(39)30(3,4)25(31)9-10-32(26,33)6/h8,15-17,23,25,27,39H,9-14,18-19,21H2,1-7H3/t23-,25-,27-,31-,32+,33+,34+/m0/s1. The number of hydrogen-bond acceptors (Lipinski definition) is 4. The summed E-state index contributed by atoms with van der Waals surface area (Å²) in [6, 6.07) is 4.35. The first-order valence-corrected chi connectivity index (χ1v) is 15.2. The Morgan fingerprint density at radius 2 is 1.79 bits per heavy atom. The topological polar surface area (TPSA) is 78.9 Å². The van der Waals surface area contributed by atoms with Crippen molar-refractivity contribution >= 4 is 5.78 Å². The van der Waals surface area contributed by atoms with Gasteiger partial charge in [0.25, 0.3) is 0 Å². The minimum absolute atomic E-state index is 0.00581. The highest BCUT2D eigenvalue weighted by atomic mass is 16.3. The fourth-order valence-corrected chi connectivity index (χ4v) is 11.0. The molecule has 0 saturated heterocycles. The SMILES string of the molecule is CC1(C)CC[C@]2(Cn3cccn3)CC[C@]3(C)[C@H](C(=O)C=C4[C@@]5(C)CC(C#N)=C(O)C(C)(C)[C@@H]5CC[C@]43C)[C@@H]2C1. The summed E-state index contributed by atoms with van der Waals surface area (Å²) < 4.78 is 2.11. The van der Waals surface area contributed by atoms with Crippen LogP contribution in [-0.2, 0) is 11.3 Å². The maximum atomic E-state index is 14.6. The second-order valence-corrected chi connectivity index (χ2v) is 16.1. The van der Waals surface area contributed by atoms with E-state index in [0.29, 0.717) is 23.7 Å². The summed E-state index contributed by atoms with van der Waals surface area (Å²) in [5.41, 5.74) is 1.04. The van der Waals surface area contributed by atoms with Crippen molar-refractivity contribution in [2.24, 2.45) is 50.2 Å². The van der Waals surface area contributed by atoms with Crippen molar-refractivity contribution in [2.75, 3.05) is 0 Å². The number of aliphatic hydroxyl groups is 1. The molecule has 5 heteroatoms. The lowest BCUT2D eigenvalue weighted by Gasteiger charge is -2.69. The van der Waals surface area contributed by atoms with Crippen molar-refractivity contribution in [3.05, 3.63) is 41.4 Å². The van der Waals surface area contributed by atoms with Gasteiger partial charge in [-0.05, 0) is 102 Å². The maximum absolute atomic E-state index is 14.6. The number of fused-ring (bicyclic) bond motifs is 7. The van der Waals surface area contributed by atoms with Gasteiger partial charge in [-0.1, -0.05) is 54.0 Å². The number of hydrogen-bond donors (Lipinski definition) is 1. The molecule has 5 nitrogen and oxygen atoms in total. The molecule has 0 amide bonds. The number of nitriles is 1. The average molecular weight is 530 g/mol. The van der Waals surface area contributed by atoms with Crippen molar-refractivity contribution in [3.8, 4) is 6.07 Å². The van der Waals surface area contributed by atoms with Gasteiger partial charge >= 0.3 is 0 Å². The highest BCUT2D eigenvalue weighted by molar-refractivity contribution is 5.95. The fraction of sp³-hybridized carbons (Fsp3) is 0.735. The van der Waals surface area contributed by atoms with E-state index in [4.69, 9.17) is 0 Å². The van der Waals surface area contributed by atoms with Crippen LogP contribution in [0.2, 0.25) is 0 Å². The van der Waals surface area contributed by atoms with Crippen LogP contribution >= 0.6 is 0 Å². The molecular formula is C34H47N3O2. The molecule has 3 saturated carbocycles. The molecule has 0 bridgehead atoms.